The summed E-state index contributed by atoms with van der Waals surface area (Å²) in [4.78, 5) is 28.3. The first kappa shape index (κ1) is 23.5. The van der Waals surface area contributed by atoms with Gasteiger partial charge in [0.1, 0.15) is 0 Å². The van der Waals surface area contributed by atoms with Crippen LogP contribution in [-0.4, -0.2) is 36.5 Å². The molecule has 30 heavy (non-hydrogen) atoms. The zero-order valence-electron chi connectivity index (χ0n) is 17.3. The number of amides is 1. The van der Waals surface area contributed by atoms with Crippen molar-refractivity contribution in [3.8, 4) is 0 Å². The second-order valence-corrected chi connectivity index (χ2v) is 9.37. The van der Waals surface area contributed by atoms with Crippen LogP contribution in [0.4, 0.5) is 5.69 Å². The second-order valence-electron chi connectivity index (χ2n) is 7.81. The molecule has 1 unspecified atom stereocenters. The van der Waals surface area contributed by atoms with Gasteiger partial charge in [0.2, 0.25) is 15.9 Å². The highest BCUT2D eigenvalue weighted by Crippen LogP contribution is 2.19. The van der Waals surface area contributed by atoms with Crippen LogP contribution in [0.1, 0.15) is 52.3 Å². The van der Waals surface area contributed by atoms with Gasteiger partial charge < -0.3 is 14.6 Å². The molecule has 0 aliphatic rings. The van der Waals surface area contributed by atoms with E-state index in [0.717, 1.165) is 0 Å². The molecule has 0 saturated heterocycles. The molecule has 1 aromatic heterocycles. The first-order valence-corrected chi connectivity index (χ1v) is 10.9. The van der Waals surface area contributed by atoms with Gasteiger partial charge in [0.25, 0.3) is 5.91 Å². The minimum absolute atomic E-state index is 0.0752. The summed E-state index contributed by atoms with van der Waals surface area (Å²) >= 11 is 0. The summed E-state index contributed by atoms with van der Waals surface area (Å²) in [5.74, 6) is -0.113. The number of sulfonamides is 1. The van der Waals surface area contributed by atoms with E-state index in [4.69, 9.17) is 14.4 Å². The van der Waals surface area contributed by atoms with Crippen molar-refractivity contribution >= 4 is 27.6 Å². The number of hydrogen-bond acceptors (Lipinski definition) is 8. The van der Waals surface area contributed by atoms with Crippen LogP contribution in [-0.2, 0) is 36.2 Å². The van der Waals surface area contributed by atoms with Gasteiger partial charge in [0.15, 0.2) is 11.9 Å². The number of esters is 1. The van der Waals surface area contributed by atoms with Crippen molar-refractivity contribution in [1.29, 1.82) is 0 Å². The number of carbonyl (C=O) groups excluding carboxylic acids is 2. The second kappa shape index (κ2) is 9.35. The average molecular weight is 439 g/mol. The highest BCUT2D eigenvalue weighted by molar-refractivity contribution is 7.89. The molecule has 1 atom stereocenters. The topological polar surface area (TPSA) is 154 Å². The summed E-state index contributed by atoms with van der Waals surface area (Å²) in [6, 6.07) is 5.46. The van der Waals surface area contributed by atoms with E-state index >= 15 is 0 Å². The molecule has 0 spiro atoms. The summed E-state index contributed by atoms with van der Waals surface area (Å²) in [5, 5.41) is 11.5. The number of nitrogens with one attached hydrogen (secondary N) is 1. The molecule has 0 bridgehead atoms. The predicted molar refractivity (Wildman–Crippen MR) is 108 cm³/mol. The predicted octanol–water partition coefficient (Wildman–Crippen LogP) is 1.91. The van der Waals surface area contributed by atoms with Crippen molar-refractivity contribution in [2.75, 3.05) is 5.32 Å². The van der Waals surface area contributed by atoms with E-state index in [1.165, 1.54) is 31.2 Å². The van der Waals surface area contributed by atoms with Gasteiger partial charge in [0, 0.05) is 23.9 Å². The standard InChI is InChI=1S/C19H26N4O6S/c1-12(17(25)21-13-7-5-8-14(11-13)30(20,26)27)28-16(24)10-6-9-15-22-18(23-29-15)19(2,3)4/h5,7-8,11-12H,6,9-10H2,1-4H3,(H,21,25)(H2,20,26,27). The largest absolute Gasteiger partial charge is 0.453 e. The van der Waals surface area contributed by atoms with E-state index in [2.05, 4.69) is 15.5 Å². The maximum absolute atomic E-state index is 12.2. The number of aryl methyl sites for hydroxylation is 1. The van der Waals surface area contributed by atoms with Gasteiger partial charge in [-0.05, 0) is 31.5 Å². The van der Waals surface area contributed by atoms with Crippen molar-refractivity contribution in [1.82, 2.24) is 10.1 Å². The lowest BCUT2D eigenvalue weighted by atomic mass is 9.96. The summed E-state index contributed by atoms with van der Waals surface area (Å²) in [7, 11) is -3.89. The molecule has 11 heteroatoms. The Bertz CT molecular complexity index is 1010. The Kier molecular flexibility index (Phi) is 7.32. The number of primary sulfonamides is 1. The number of benzene rings is 1. The van der Waals surface area contributed by atoms with Gasteiger partial charge in [0.05, 0.1) is 4.90 Å². The molecule has 0 fully saturated rings. The van der Waals surface area contributed by atoms with Gasteiger partial charge in [-0.2, -0.15) is 4.98 Å². The van der Waals surface area contributed by atoms with E-state index < -0.39 is 28.0 Å². The number of aromatic nitrogens is 2. The molecule has 1 heterocycles. The monoisotopic (exact) mass is 438 g/mol. The average Bonchev–Trinajstić information content (AvgIpc) is 3.10. The third-order valence-corrected chi connectivity index (χ3v) is 4.93. The summed E-state index contributed by atoms with van der Waals surface area (Å²) < 4.78 is 33.0. The lowest BCUT2D eigenvalue weighted by Crippen LogP contribution is -2.30. The van der Waals surface area contributed by atoms with Crippen LogP contribution in [0.5, 0.6) is 0 Å². The Hall–Kier alpha value is -2.79. The van der Waals surface area contributed by atoms with Crippen molar-refractivity contribution in [3.05, 3.63) is 36.0 Å². The molecule has 0 aliphatic carbocycles. The fourth-order valence-corrected chi connectivity index (χ4v) is 2.91. The number of ether oxygens (including phenoxy) is 1. The van der Waals surface area contributed by atoms with E-state index in [1.807, 2.05) is 20.8 Å². The number of anilines is 1. The first-order valence-electron chi connectivity index (χ1n) is 9.32. The molecular weight excluding hydrogens is 412 g/mol. The highest BCUT2D eigenvalue weighted by atomic mass is 32.2. The number of nitrogens with zero attached hydrogens (tertiary/aromatic N) is 2. The number of carbonyl (C=O) groups is 2. The molecule has 1 amide bonds. The molecule has 0 radical (unpaired) electrons. The van der Waals surface area contributed by atoms with Crippen molar-refractivity contribution in [3.63, 3.8) is 0 Å². The van der Waals surface area contributed by atoms with E-state index in [0.29, 0.717) is 24.6 Å². The molecule has 164 valence electrons. The van der Waals surface area contributed by atoms with Crippen LogP contribution in [0.15, 0.2) is 33.7 Å². The summed E-state index contributed by atoms with van der Waals surface area (Å²) in [6.45, 7) is 7.33. The lowest BCUT2D eigenvalue weighted by Gasteiger charge is -2.14. The van der Waals surface area contributed by atoms with Crippen LogP contribution in [0.2, 0.25) is 0 Å². The molecule has 3 N–H and O–H groups in total. The fraction of sp³-hybridized carbons (Fsp3) is 0.474. The zero-order valence-corrected chi connectivity index (χ0v) is 18.2. The summed E-state index contributed by atoms with van der Waals surface area (Å²) in [5.41, 5.74) is -0.00221. The van der Waals surface area contributed by atoms with Crippen LogP contribution < -0.4 is 10.5 Å². The zero-order chi connectivity index (χ0) is 22.5. The third-order valence-electron chi connectivity index (χ3n) is 4.02. The Morgan fingerprint density at radius 2 is 2.00 bits per heavy atom. The van der Waals surface area contributed by atoms with E-state index in [-0.39, 0.29) is 22.4 Å². The quantitative estimate of drug-likeness (QED) is 0.592. The highest BCUT2D eigenvalue weighted by Gasteiger charge is 2.22. The van der Waals surface area contributed by atoms with Crippen molar-refractivity contribution in [2.45, 2.75) is 63.4 Å². The molecule has 0 aliphatic heterocycles. The Morgan fingerprint density at radius 1 is 1.30 bits per heavy atom. The van der Waals surface area contributed by atoms with E-state index in [1.54, 1.807) is 0 Å². The minimum Gasteiger partial charge on any atom is -0.453 e. The van der Waals surface area contributed by atoms with Gasteiger partial charge >= 0.3 is 5.97 Å². The fourth-order valence-electron chi connectivity index (χ4n) is 2.35. The maximum atomic E-state index is 12.2. The molecule has 0 saturated carbocycles. The Balaban J connectivity index is 1.81. The first-order chi connectivity index (χ1) is 13.9. The third kappa shape index (κ3) is 6.92. The van der Waals surface area contributed by atoms with Gasteiger partial charge in [-0.15, -0.1) is 0 Å². The van der Waals surface area contributed by atoms with Crippen LogP contribution in [0.25, 0.3) is 0 Å². The van der Waals surface area contributed by atoms with Crippen LogP contribution >= 0.6 is 0 Å². The van der Waals surface area contributed by atoms with Gasteiger partial charge in [-0.1, -0.05) is 32.0 Å². The Morgan fingerprint density at radius 3 is 2.60 bits per heavy atom. The van der Waals surface area contributed by atoms with Gasteiger partial charge in [-0.3, -0.25) is 9.59 Å². The van der Waals surface area contributed by atoms with Crippen LogP contribution in [0.3, 0.4) is 0 Å². The number of hydrogen-bond donors (Lipinski definition) is 2. The van der Waals surface area contributed by atoms with Crippen molar-refractivity contribution < 1.29 is 27.3 Å². The van der Waals surface area contributed by atoms with Gasteiger partial charge in [-0.25, -0.2) is 13.6 Å². The number of nitrogens with two attached hydrogens (primary N) is 1. The molecular formula is C19H26N4O6S. The molecule has 10 nitrogen and oxygen atoms in total. The lowest BCUT2D eigenvalue weighted by molar-refractivity contribution is -0.153. The summed E-state index contributed by atoms with van der Waals surface area (Å²) in [6.07, 6.45) is -0.147. The molecule has 2 rings (SSSR count). The van der Waals surface area contributed by atoms with E-state index in [9.17, 15) is 18.0 Å². The Labute approximate surface area is 175 Å². The molecule has 1 aromatic carbocycles. The normalized spacial score (nSPS) is 13.0. The smallest absolute Gasteiger partial charge is 0.306 e. The number of rotatable bonds is 8. The van der Waals surface area contributed by atoms with Crippen LogP contribution in [0, 0.1) is 0 Å². The maximum Gasteiger partial charge on any atom is 0.306 e. The van der Waals surface area contributed by atoms with Crippen molar-refractivity contribution in [2.24, 2.45) is 5.14 Å². The minimum atomic E-state index is -3.89. The molecule has 2 aromatic rings. The SMILES string of the molecule is CC(OC(=O)CCCc1nc(C(C)(C)C)no1)C(=O)Nc1cccc(S(N)(=O)=O)c1.